The summed E-state index contributed by atoms with van der Waals surface area (Å²) in [6, 6.07) is 27.0. The number of hydrogen-bond acceptors (Lipinski definition) is 6. The number of anilines is 2. The molecule has 8 heteroatoms. The smallest absolute Gasteiger partial charge is 0.339 e. The van der Waals surface area contributed by atoms with Crippen LogP contribution in [0.25, 0.3) is 0 Å². The number of nitrogens with zero attached hydrogens (tertiary/aromatic N) is 3. The van der Waals surface area contributed by atoms with E-state index in [1.54, 1.807) is 18.5 Å². The molecular formula is C32H35N5O3. The third kappa shape index (κ3) is 8.07. The Hall–Kier alpha value is -4.85. The van der Waals surface area contributed by atoms with Crippen LogP contribution in [0.15, 0.2) is 96.2 Å². The lowest BCUT2D eigenvalue weighted by molar-refractivity contribution is 0.252. The van der Waals surface area contributed by atoms with E-state index >= 15 is 0 Å². The van der Waals surface area contributed by atoms with Crippen molar-refractivity contribution >= 4 is 23.8 Å². The van der Waals surface area contributed by atoms with E-state index in [0.29, 0.717) is 24.7 Å². The van der Waals surface area contributed by atoms with Gasteiger partial charge in [-0.1, -0.05) is 74.5 Å². The van der Waals surface area contributed by atoms with E-state index in [0.717, 1.165) is 33.8 Å². The second-order valence-electron chi connectivity index (χ2n) is 9.75. The quantitative estimate of drug-likeness (QED) is 0.167. The van der Waals surface area contributed by atoms with Gasteiger partial charge in [0.2, 0.25) is 0 Å². The fourth-order valence-corrected chi connectivity index (χ4v) is 3.91. The number of urea groups is 1. The largest absolute Gasteiger partial charge is 0.488 e. The maximum Gasteiger partial charge on any atom is 0.339 e. The maximum atomic E-state index is 12.4. The molecule has 206 valence electrons. The van der Waals surface area contributed by atoms with Gasteiger partial charge < -0.3 is 19.7 Å². The summed E-state index contributed by atoms with van der Waals surface area (Å²) >= 11 is 0. The van der Waals surface area contributed by atoms with Crippen molar-refractivity contribution in [3.05, 3.63) is 113 Å². The van der Waals surface area contributed by atoms with Gasteiger partial charge in [-0.2, -0.15) is 5.10 Å². The number of ether oxygens (including phenoxy) is 2. The first-order chi connectivity index (χ1) is 19.4. The van der Waals surface area contributed by atoms with Crippen molar-refractivity contribution in [1.82, 2.24) is 10.4 Å². The number of amides is 2. The summed E-state index contributed by atoms with van der Waals surface area (Å²) in [5.41, 5.74) is 6.94. The molecule has 0 saturated carbocycles. The number of carbonyl (C=O) groups is 1. The Morgan fingerprint density at radius 1 is 0.900 bits per heavy atom. The molecule has 1 aromatic heterocycles. The molecular weight excluding hydrogens is 502 g/mol. The Labute approximate surface area is 235 Å². The number of hydrazone groups is 1. The molecule has 0 fully saturated rings. The molecule has 0 bridgehead atoms. The molecule has 0 unspecified atom stereocenters. The lowest BCUT2D eigenvalue weighted by Gasteiger charge is -2.18. The average Bonchev–Trinajstić information content (AvgIpc) is 2.96. The molecule has 3 aromatic carbocycles. The zero-order valence-corrected chi connectivity index (χ0v) is 23.3. The number of pyridine rings is 1. The molecule has 8 nitrogen and oxygen atoms in total. The Morgan fingerprint density at radius 3 is 2.08 bits per heavy atom. The van der Waals surface area contributed by atoms with Gasteiger partial charge in [0.25, 0.3) is 0 Å². The van der Waals surface area contributed by atoms with Gasteiger partial charge in [-0.15, -0.1) is 0 Å². The molecule has 0 aliphatic heterocycles. The lowest BCUT2D eigenvalue weighted by atomic mass is 9.99. The highest BCUT2D eigenvalue weighted by molar-refractivity contribution is 5.91. The Balaban J connectivity index is 1.52. The van der Waals surface area contributed by atoms with Crippen LogP contribution >= 0.6 is 0 Å². The van der Waals surface area contributed by atoms with E-state index < -0.39 is 6.03 Å². The van der Waals surface area contributed by atoms with Gasteiger partial charge in [0.1, 0.15) is 30.5 Å². The van der Waals surface area contributed by atoms with Crippen molar-refractivity contribution in [3.63, 3.8) is 0 Å². The summed E-state index contributed by atoms with van der Waals surface area (Å²) in [7, 11) is 3.81. The molecule has 4 rings (SSSR count). The zero-order valence-electron chi connectivity index (χ0n) is 23.3. The fraction of sp³-hybridized carbons (Fsp3) is 0.219. The van der Waals surface area contributed by atoms with Gasteiger partial charge in [-0.05, 0) is 40.8 Å². The van der Waals surface area contributed by atoms with Crippen LogP contribution in [0.5, 0.6) is 11.5 Å². The fourth-order valence-electron chi connectivity index (χ4n) is 3.91. The highest BCUT2D eigenvalue weighted by Gasteiger charge is 2.15. The monoisotopic (exact) mass is 537 g/mol. The minimum Gasteiger partial charge on any atom is -0.488 e. The van der Waals surface area contributed by atoms with Crippen molar-refractivity contribution in [2.75, 3.05) is 24.3 Å². The second kappa shape index (κ2) is 13.8. The van der Waals surface area contributed by atoms with Crippen molar-refractivity contribution in [1.29, 1.82) is 0 Å². The van der Waals surface area contributed by atoms with Crippen molar-refractivity contribution in [3.8, 4) is 11.5 Å². The Bertz CT molecular complexity index is 1410. The Kier molecular flexibility index (Phi) is 9.72. The van der Waals surface area contributed by atoms with Crippen molar-refractivity contribution < 1.29 is 14.3 Å². The molecule has 40 heavy (non-hydrogen) atoms. The van der Waals surface area contributed by atoms with Gasteiger partial charge in [0, 0.05) is 25.7 Å². The third-order valence-corrected chi connectivity index (χ3v) is 6.07. The molecule has 0 saturated heterocycles. The van der Waals surface area contributed by atoms with Gasteiger partial charge in [0.05, 0.1) is 18.1 Å². The van der Waals surface area contributed by atoms with Crippen molar-refractivity contribution in [2.45, 2.75) is 33.0 Å². The van der Waals surface area contributed by atoms with E-state index in [1.807, 2.05) is 97.9 Å². The molecule has 0 spiro atoms. The normalized spacial score (nSPS) is 10.9. The molecule has 0 atom stereocenters. The summed E-state index contributed by atoms with van der Waals surface area (Å²) in [5, 5.41) is 6.92. The van der Waals surface area contributed by atoms with E-state index in [4.69, 9.17) is 9.47 Å². The molecule has 0 aliphatic rings. The van der Waals surface area contributed by atoms with Gasteiger partial charge >= 0.3 is 6.03 Å². The van der Waals surface area contributed by atoms with Crippen LogP contribution in [0.2, 0.25) is 0 Å². The first-order valence-corrected chi connectivity index (χ1v) is 13.1. The summed E-state index contributed by atoms with van der Waals surface area (Å²) in [6.07, 6.45) is 3.18. The van der Waals surface area contributed by atoms with Gasteiger partial charge in [-0.25, -0.2) is 15.2 Å². The molecule has 4 aromatic rings. The summed E-state index contributed by atoms with van der Waals surface area (Å²) in [6.45, 7) is 5.04. The number of aromatic nitrogens is 1. The van der Waals surface area contributed by atoms with Crippen LogP contribution in [0.1, 0.15) is 42.0 Å². The van der Waals surface area contributed by atoms with E-state index in [-0.39, 0.29) is 5.92 Å². The number of nitrogens with one attached hydrogen (secondary N) is 2. The summed E-state index contributed by atoms with van der Waals surface area (Å²) in [4.78, 5) is 18.6. The number of rotatable bonds is 11. The summed E-state index contributed by atoms with van der Waals surface area (Å²) < 4.78 is 12.5. The predicted octanol–water partition coefficient (Wildman–Crippen LogP) is 6.58. The SMILES string of the molecule is CC(C)c1cc(/C=N/NC(=O)Nc2ccc(N(C)C)nc2)c(OCc2ccccc2)cc1OCc1ccccc1. The van der Waals surface area contributed by atoms with Crippen LogP contribution in [0.3, 0.4) is 0 Å². The van der Waals surface area contributed by atoms with Crippen LogP contribution < -0.4 is 25.1 Å². The minimum absolute atomic E-state index is 0.190. The lowest BCUT2D eigenvalue weighted by Crippen LogP contribution is -2.24. The number of benzene rings is 3. The van der Waals surface area contributed by atoms with Crippen LogP contribution in [-0.2, 0) is 13.2 Å². The van der Waals surface area contributed by atoms with Crippen LogP contribution in [0.4, 0.5) is 16.3 Å². The molecule has 1 heterocycles. The van der Waals surface area contributed by atoms with Crippen LogP contribution in [0, 0.1) is 0 Å². The van der Waals surface area contributed by atoms with E-state index in [9.17, 15) is 4.79 Å². The predicted molar refractivity (Wildman–Crippen MR) is 160 cm³/mol. The third-order valence-electron chi connectivity index (χ3n) is 6.07. The molecule has 0 aliphatic carbocycles. The topological polar surface area (TPSA) is 88.1 Å². The van der Waals surface area contributed by atoms with E-state index in [1.165, 1.54) is 0 Å². The minimum atomic E-state index is -0.477. The number of hydrogen-bond donors (Lipinski definition) is 2. The Morgan fingerprint density at radius 2 is 1.52 bits per heavy atom. The van der Waals surface area contributed by atoms with Gasteiger partial charge in [-0.3, -0.25) is 0 Å². The van der Waals surface area contributed by atoms with Gasteiger partial charge in [0.15, 0.2) is 0 Å². The van der Waals surface area contributed by atoms with Crippen molar-refractivity contribution in [2.24, 2.45) is 5.10 Å². The molecule has 0 radical (unpaired) electrons. The summed E-state index contributed by atoms with van der Waals surface area (Å²) in [5.74, 6) is 2.34. The molecule has 2 amide bonds. The highest BCUT2D eigenvalue weighted by Crippen LogP contribution is 2.34. The average molecular weight is 538 g/mol. The molecule has 2 N–H and O–H groups in total. The first kappa shape index (κ1) is 28.2. The number of carbonyl (C=O) groups excluding carboxylic acids is 1. The zero-order chi connectivity index (χ0) is 28.3. The second-order valence-corrected chi connectivity index (χ2v) is 9.75. The first-order valence-electron chi connectivity index (χ1n) is 13.1. The maximum absolute atomic E-state index is 12.4. The van der Waals surface area contributed by atoms with Crippen LogP contribution in [-0.4, -0.2) is 31.3 Å². The highest BCUT2D eigenvalue weighted by atomic mass is 16.5. The standard InChI is InChI=1S/C32H35N5O3/c1-23(2)28-17-26(19-34-36-32(38)35-27-15-16-31(33-20-27)37(3)4)29(39-21-24-11-7-5-8-12-24)18-30(28)40-22-25-13-9-6-10-14-25/h5-20,23H,21-22H2,1-4H3,(H2,35,36,38)/b34-19+. The van der Waals surface area contributed by atoms with E-state index in [2.05, 4.69) is 34.7 Å².